The molecule has 6 heteroatoms. The molecule has 6 nitrogen and oxygen atoms in total. The molecule has 0 bridgehead atoms. The summed E-state index contributed by atoms with van der Waals surface area (Å²) < 4.78 is 5.31. The van der Waals surface area contributed by atoms with Crippen LogP contribution in [0, 0.1) is 5.92 Å². The molecule has 2 fully saturated rings. The Morgan fingerprint density at radius 2 is 1.96 bits per heavy atom. The Balaban J connectivity index is 1.42. The van der Waals surface area contributed by atoms with Gasteiger partial charge in [0.1, 0.15) is 5.76 Å². The number of hydrogen-bond acceptors (Lipinski definition) is 4. The third-order valence-electron chi connectivity index (χ3n) is 5.12. The van der Waals surface area contributed by atoms with Crippen molar-refractivity contribution in [3.8, 4) is 0 Å². The lowest BCUT2D eigenvalue weighted by Crippen LogP contribution is -2.28. The Morgan fingerprint density at radius 3 is 2.73 bits per heavy atom. The first kappa shape index (κ1) is 16.7. The lowest BCUT2D eigenvalue weighted by molar-refractivity contribution is -0.128. The van der Waals surface area contributed by atoms with Gasteiger partial charge in [-0.05, 0) is 37.1 Å². The monoisotopic (exact) mass is 353 g/mol. The van der Waals surface area contributed by atoms with Crippen LogP contribution in [-0.2, 0) is 16.1 Å². The highest BCUT2D eigenvalue weighted by Gasteiger charge is 2.35. The molecule has 26 heavy (non-hydrogen) atoms. The van der Waals surface area contributed by atoms with E-state index >= 15 is 0 Å². The largest absolute Gasteiger partial charge is 0.467 e. The van der Waals surface area contributed by atoms with Crippen LogP contribution in [0.5, 0.6) is 0 Å². The van der Waals surface area contributed by atoms with E-state index in [1.165, 1.54) is 12.8 Å². The van der Waals surface area contributed by atoms with E-state index in [2.05, 4.69) is 10.2 Å². The highest BCUT2D eigenvalue weighted by atomic mass is 16.3. The fraction of sp³-hybridized carbons (Fsp3) is 0.400. The van der Waals surface area contributed by atoms with Gasteiger partial charge in [0.05, 0.1) is 30.1 Å². The summed E-state index contributed by atoms with van der Waals surface area (Å²) >= 11 is 0. The topological polar surface area (TPSA) is 65.8 Å². The first-order valence-electron chi connectivity index (χ1n) is 9.16. The standard InChI is InChI=1S/C20H23N3O3/c24-19-12-15(13-23(19)14-16-6-5-11-26-16)20(25)21-17-7-1-2-8-18(17)22-9-3-4-10-22/h1-2,5-8,11,15H,3-4,9-10,12-14H2,(H,21,25). The van der Waals surface area contributed by atoms with Gasteiger partial charge in [0.15, 0.2) is 0 Å². The molecule has 1 aromatic heterocycles. The molecule has 0 aliphatic carbocycles. The van der Waals surface area contributed by atoms with Gasteiger partial charge in [0.2, 0.25) is 11.8 Å². The van der Waals surface area contributed by atoms with E-state index in [-0.39, 0.29) is 24.2 Å². The fourth-order valence-corrected chi connectivity index (χ4v) is 3.74. The summed E-state index contributed by atoms with van der Waals surface area (Å²) in [7, 11) is 0. The zero-order chi connectivity index (χ0) is 17.9. The number of nitrogens with one attached hydrogen (secondary N) is 1. The van der Waals surface area contributed by atoms with Crippen LogP contribution in [0.3, 0.4) is 0 Å². The first-order chi connectivity index (χ1) is 12.7. The van der Waals surface area contributed by atoms with E-state index in [0.29, 0.717) is 13.1 Å². The molecule has 0 saturated carbocycles. The lowest BCUT2D eigenvalue weighted by Gasteiger charge is -2.22. The second-order valence-electron chi connectivity index (χ2n) is 6.96. The Bertz CT molecular complexity index is 781. The lowest BCUT2D eigenvalue weighted by atomic mass is 10.1. The maximum absolute atomic E-state index is 12.7. The molecule has 1 unspecified atom stereocenters. The first-order valence-corrected chi connectivity index (χ1v) is 9.16. The predicted octanol–water partition coefficient (Wildman–Crippen LogP) is 2.87. The smallest absolute Gasteiger partial charge is 0.229 e. The van der Waals surface area contributed by atoms with Crippen LogP contribution in [0.2, 0.25) is 0 Å². The molecule has 4 rings (SSSR count). The summed E-state index contributed by atoms with van der Waals surface area (Å²) in [5.74, 6) is 0.309. The molecule has 0 spiro atoms. The number of hydrogen-bond donors (Lipinski definition) is 1. The van der Waals surface area contributed by atoms with Crippen LogP contribution in [-0.4, -0.2) is 36.3 Å². The summed E-state index contributed by atoms with van der Waals surface area (Å²) in [5.41, 5.74) is 1.89. The Hall–Kier alpha value is -2.76. The Kier molecular flexibility index (Phi) is 4.65. The summed E-state index contributed by atoms with van der Waals surface area (Å²) in [6.07, 6.45) is 4.20. The number of furan rings is 1. The zero-order valence-corrected chi connectivity index (χ0v) is 14.7. The molecule has 2 aromatic rings. The van der Waals surface area contributed by atoms with Crippen molar-refractivity contribution in [3.63, 3.8) is 0 Å². The maximum Gasteiger partial charge on any atom is 0.229 e. The van der Waals surface area contributed by atoms with Gasteiger partial charge in [-0.25, -0.2) is 0 Å². The van der Waals surface area contributed by atoms with Crippen LogP contribution < -0.4 is 10.2 Å². The van der Waals surface area contributed by atoms with Crippen LogP contribution in [0.4, 0.5) is 11.4 Å². The number of likely N-dealkylation sites (tertiary alicyclic amines) is 1. The van der Waals surface area contributed by atoms with E-state index in [0.717, 1.165) is 30.2 Å². The van der Waals surface area contributed by atoms with E-state index < -0.39 is 0 Å². The van der Waals surface area contributed by atoms with Crippen molar-refractivity contribution in [1.29, 1.82) is 0 Å². The van der Waals surface area contributed by atoms with Gasteiger partial charge >= 0.3 is 0 Å². The minimum atomic E-state index is -0.330. The second-order valence-corrected chi connectivity index (χ2v) is 6.96. The van der Waals surface area contributed by atoms with Crippen LogP contribution >= 0.6 is 0 Å². The molecular weight excluding hydrogens is 330 g/mol. The minimum absolute atomic E-state index is 0.00521. The Morgan fingerprint density at radius 1 is 1.15 bits per heavy atom. The third kappa shape index (κ3) is 3.45. The number of para-hydroxylation sites is 2. The van der Waals surface area contributed by atoms with Crippen molar-refractivity contribution in [2.45, 2.75) is 25.8 Å². The van der Waals surface area contributed by atoms with Crippen molar-refractivity contribution in [1.82, 2.24) is 4.90 Å². The van der Waals surface area contributed by atoms with Gasteiger partial charge in [-0.1, -0.05) is 12.1 Å². The van der Waals surface area contributed by atoms with Crippen molar-refractivity contribution in [2.75, 3.05) is 29.9 Å². The number of carbonyl (C=O) groups excluding carboxylic acids is 2. The van der Waals surface area contributed by atoms with E-state index in [4.69, 9.17) is 4.42 Å². The van der Waals surface area contributed by atoms with Gasteiger partial charge in [-0.3, -0.25) is 9.59 Å². The number of carbonyl (C=O) groups is 2. The molecule has 1 atom stereocenters. The molecule has 2 aliphatic heterocycles. The molecule has 3 heterocycles. The SMILES string of the molecule is O=C(Nc1ccccc1N1CCCC1)C1CC(=O)N(Cc2ccco2)C1. The van der Waals surface area contributed by atoms with Crippen LogP contribution in [0.1, 0.15) is 25.0 Å². The van der Waals surface area contributed by atoms with Gasteiger partial charge in [0, 0.05) is 26.1 Å². The molecule has 0 radical (unpaired) electrons. The molecule has 2 aliphatic rings. The highest BCUT2D eigenvalue weighted by molar-refractivity contribution is 5.99. The van der Waals surface area contributed by atoms with Crippen LogP contribution in [0.15, 0.2) is 47.1 Å². The third-order valence-corrected chi connectivity index (χ3v) is 5.12. The number of nitrogens with zero attached hydrogens (tertiary/aromatic N) is 2. The highest BCUT2D eigenvalue weighted by Crippen LogP contribution is 2.30. The molecule has 1 N–H and O–H groups in total. The van der Waals surface area contributed by atoms with Crippen LogP contribution in [0.25, 0.3) is 0 Å². The van der Waals surface area contributed by atoms with Crippen molar-refractivity contribution < 1.29 is 14.0 Å². The predicted molar refractivity (Wildman–Crippen MR) is 98.8 cm³/mol. The molecule has 136 valence electrons. The minimum Gasteiger partial charge on any atom is -0.467 e. The quantitative estimate of drug-likeness (QED) is 0.898. The van der Waals surface area contributed by atoms with Gasteiger partial charge in [-0.2, -0.15) is 0 Å². The summed E-state index contributed by atoms with van der Waals surface area (Å²) in [6.45, 7) is 2.88. The number of rotatable bonds is 5. The average Bonchev–Trinajstić information content (AvgIpc) is 3.39. The normalized spacial score (nSPS) is 20.0. The molecule has 2 amide bonds. The van der Waals surface area contributed by atoms with E-state index in [1.54, 1.807) is 17.2 Å². The number of benzene rings is 1. The molecular formula is C20H23N3O3. The number of anilines is 2. The number of amides is 2. The summed E-state index contributed by atoms with van der Waals surface area (Å²) in [6, 6.07) is 11.5. The van der Waals surface area contributed by atoms with Gasteiger partial charge in [0.25, 0.3) is 0 Å². The molecule has 2 saturated heterocycles. The molecule has 1 aromatic carbocycles. The maximum atomic E-state index is 12.7. The fourth-order valence-electron chi connectivity index (χ4n) is 3.74. The van der Waals surface area contributed by atoms with Crippen molar-refractivity contribution >= 4 is 23.2 Å². The second kappa shape index (κ2) is 7.23. The van der Waals surface area contributed by atoms with Gasteiger partial charge in [-0.15, -0.1) is 0 Å². The summed E-state index contributed by atoms with van der Waals surface area (Å²) in [4.78, 5) is 29.0. The average molecular weight is 353 g/mol. The van der Waals surface area contributed by atoms with E-state index in [1.807, 2.05) is 30.3 Å². The van der Waals surface area contributed by atoms with Gasteiger partial charge < -0.3 is 19.5 Å². The Labute approximate surface area is 152 Å². The van der Waals surface area contributed by atoms with E-state index in [9.17, 15) is 9.59 Å². The van der Waals surface area contributed by atoms with Crippen molar-refractivity contribution in [3.05, 3.63) is 48.4 Å². The summed E-state index contributed by atoms with van der Waals surface area (Å²) in [5, 5.41) is 3.05. The zero-order valence-electron chi connectivity index (χ0n) is 14.7. The van der Waals surface area contributed by atoms with Crippen molar-refractivity contribution in [2.24, 2.45) is 5.92 Å².